The third kappa shape index (κ3) is 3.94. The van der Waals surface area contributed by atoms with E-state index in [1.54, 1.807) is 26.0 Å². The van der Waals surface area contributed by atoms with Crippen molar-refractivity contribution >= 4 is 28.0 Å². The Morgan fingerprint density at radius 1 is 1.12 bits per heavy atom. The largest absolute Gasteiger partial charge is 0.507 e. The number of methoxy groups -OCH3 is 2. The van der Waals surface area contributed by atoms with E-state index in [0.29, 0.717) is 22.6 Å². The molecule has 3 N–H and O–H groups in total. The van der Waals surface area contributed by atoms with E-state index in [1.165, 1.54) is 26.4 Å². The summed E-state index contributed by atoms with van der Waals surface area (Å²) < 4.78 is 16.8. The van der Waals surface area contributed by atoms with Crippen LogP contribution in [0.25, 0.3) is 28.0 Å². The van der Waals surface area contributed by atoms with Crippen LogP contribution in [0.3, 0.4) is 0 Å². The Balaban J connectivity index is 2.47. The summed E-state index contributed by atoms with van der Waals surface area (Å²) in [5.41, 5.74) is 1.29. The topological polar surface area (TPSA) is 109 Å². The number of allylic oxidation sites excluding steroid dienone is 2. The molecule has 32 heavy (non-hydrogen) atoms. The SMILES string of the molecule is C=C(C)/C=C/c1c(OC)c(OC)cc2oc3cc(O)c(CC(O)C(=C)C)c(O)c3c(=O)c12. The molecule has 0 aliphatic carbocycles. The van der Waals surface area contributed by atoms with Crippen LogP contribution in [0.5, 0.6) is 23.0 Å². The maximum atomic E-state index is 13.6. The molecule has 0 fully saturated rings. The third-order valence-electron chi connectivity index (χ3n) is 5.19. The van der Waals surface area contributed by atoms with Crippen molar-refractivity contribution in [3.05, 3.63) is 63.9 Å². The van der Waals surface area contributed by atoms with Gasteiger partial charge in [-0.1, -0.05) is 30.4 Å². The van der Waals surface area contributed by atoms with Gasteiger partial charge < -0.3 is 29.2 Å². The van der Waals surface area contributed by atoms with E-state index in [1.807, 2.05) is 0 Å². The molecule has 3 aromatic rings. The molecule has 0 amide bonds. The van der Waals surface area contributed by atoms with E-state index >= 15 is 0 Å². The second-order valence-electron chi connectivity index (χ2n) is 7.67. The standard InChI is InChI=1S/C25H26O7/c1-12(2)7-8-14-21-19(11-20(30-5)25(14)31-6)32-18-10-17(27)15(9-16(26)13(3)4)23(28)22(18)24(21)29/h7-8,10-11,16,26-28H,1,3,9H2,2,4-6H3/b8-7+. The smallest absolute Gasteiger partial charge is 0.205 e. The molecule has 0 bridgehead atoms. The van der Waals surface area contributed by atoms with Crippen molar-refractivity contribution in [1.29, 1.82) is 0 Å². The highest BCUT2D eigenvalue weighted by Crippen LogP contribution is 2.41. The van der Waals surface area contributed by atoms with Crippen molar-refractivity contribution in [3.63, 3.8) is 0 Å². The lowest BCUT2D eigenvalue weighted by Crippen LogP contribution is -2.12. The normalized spacial score (nSPS) is 12.4. The first-order valence-electron chi connectivity index (χ1n) is 9.87. The zero-order valence-corrected chi connectivity index (χ0v) is 18.5. The Bertz CT molecular complexity index is 1330. The Morgan fingerprint density at radius 2 is 1.78 bits per heavy atom. The number of aromatic hydroxyl groups is 2. The van der Waals surface area contributed by atoms with Gasteiger partial charge in [-0.15, -0.1) is 0 Å². The summed E-state index contributed by atoms with van der Waals surface area (Å²) in [5, 5.41) is 31.5. The molecule has 0 aliphatic heterocycles. The predicted octanol–water partition coefficient (Wildman–Crippen LogP) is 4.44. The summed E-state index contributed by atoms with van der Waals surface area (Å²) in [4.78, 5) is 13.6. The van der Waals surface area contributed by atoms with Crippen LogP contribution in [0.4, 0.5) is 0 Å². The Hall–Kier alpha value is -3.71. The lowest BCUT2D eigenvalue weighted by Gasteiger charge is -2.16. The number of hydrogen-bond donors (Lipinski definition) is 3. The monoisotopic (exact) mass is 438 g/mol. The number of ether oxygens (including phenoxy) is 2. The van der Waals surface area contributed by atoms with Gasteiger partial charge in [0.1, 0.15) is 28.1 Å². The van der Waals surface area contributed by atoms with Crippen molar-refractivity contribution in [3.8, 4) is 23.0 Å². The first-order valence-corrected chi connectivity index (χ1v) is 9.87. The Kier molecular flexibility index (Phi) is 6.32. The van der Waals surface area contributed by atoms with E-state index in [2.05, 4.69) is 13.2 Å². The maximum Gasteiger partial charge on any atom is 0.205 e. The second-order valence-corrected chi connectivity index (χ2v) is 7.67. The third-order valence-corrected chi connectivity index (χ3v) is 5.19. The Morgan fingerprint density at radius 3 is 2.34 bits per heavy atom. The molecule has 0 radical (unpaired) electrons. The molecule has 1 atom stereocenters. The number of phenolic OH excluding ortho intramolecular Hbond substituents is 2. The van der Waals surface area contributed by atoms with Crippen LogP contribution < -0.4 is 14.9 Å². The van der Waals surface area contributed by atoms with Gasteiger partial charge in [-0.25, -0.2) is 0 Å². The van der Waals surface area contributed by atoms with E-state index in [-0.39, 0.29) is 39.7 Å². The number of rotatable bonds is 7. The van der Waals surface area contributed by atoms with E-state index in [0.717, 1.165) is 5.57 Å². The minimum Gasteiger partial charge on any atom is -0.507 e. The van der Waals surface area contributed by atoms with Gasteiger partial charge in [0.05, 0.1) is 25.7 Å². The quantitative estimate of drug-likeness (QED) is 0.284. The van der Waals surface area contributed by atoms with E-state index < -0.39 is 17.3 Å². The fourth-order valence-corrected chi connectivity index (χ4v) is 3.48. The summed E-state index contributed by atoms with van der Waals surface area (Å²) in [5.74, 6) is -0.0971. The Labute approximate surface area is 185 Å². The lowest BCUT2D eigenvalue weighted by molar-refractivity contribution is 0.209. The zero-order chi connectivity index (χ0) is 23.7. The molecular weight excluding hydrogens is 412 g/mol. The highest BCUT2D eigenvalue weighted by atomic mass is 16.5. The van der Waals surface area contributed by atoms with Crippen LogP contribution in [0.15, 0.2) is 51.7 Å². The van der Waals surface area contributed by atoms with E-state index in [9.17, 15) is 20.1 Å². The van der Waals surface area contributed by atoms with Gasteiger partial charge in [-0.2, -0.15) is 0 Å². The average molecular weight is 438 g/mol. The molecule has 1 aromatic heterocycles. The number of aliphatic hydroxyl groups is 1. The molecule has 7 heteroatoms. The predicted molar refractivity (Wildman–Crippen MR) is 125 cm³/mol. The molecule has 0 aliphatic rings. The summed E-state index contributed by atoms with van der Waals surface area (Å²) >= 11 is 0. The molecule has 0 spiro atoms. The molecular formula is C25H26O7. The highest BCUT2D eigenvalue weighted by Gasteiger charge is 2.24. The van der Waals surface area contributed by atoms with Crippen LogP contribution in [-0.4, -0.2) is 35.6 Å². The van der Waals surface area contributed by atoms with E-state index in [4.69, 9.17) is 13.9 Å². The molecule has 0 saturated carbocycles. The second kappa shape index (κ2) is 8.80. The first kappa shape index (κ1) is 23.0. The summed E-state index contributed by atoms with van der Waals surface area (Å²) in [6.07, 6.45) is 2.26. The molecule has 2 aromatic carbocycles. The van der Waals surface area contributed by atoms with Crippen molar-refractivity contribution in [1.82, 2.24) is 0 Å². The number of phenols is 2. The molecule has 3 rings (SSSR count). The molecule has 1 heterocycles. The van der Waals surface area contributed by atoms with Gasteiger partial charge in [0, 0.05) is 29.7 Å². The number of benzene rings is 2. The van der Waals surface area contributed by atoms with Crippen LogP contribution in [0.2, 0.25) is 0 Å². The van der Waals surface area contributed by atoms with Crippen molar-refractivity contribution in [2.75, 3.05) is 14.2 Å². The van der Waals surface area contributed by atoms with Gasteiger partial charge in [-0.05, 0) is 19.9 Å². The number of aliphatic hydroxyl groups excluding tert-OH is 1. The summed E-state index contributed by atoms with van der Waals surface area (Å²) in [7, 11) is 2.92. The minimum atomic E-state index is -1.00. The average Bonchev–Trinajstić information content (AvgIpc) is 2.73. The van der Waals surface area contributed by atoms with Crippen molar-refractivity contribution in [2.45, 2.75) is 26.4 Å². The summed E-state index contributed by atoms with van der Waals surface area (Å²) in [6, 6.07) is 2.76. The van der Waals surface area contributed by atoms with Gasteiger partial charge in [0.15, 0.2) is 11.5 Å². The van der Waals surface area contributed by atoms with Crippen LogP contribution in [-0.2, 0) is 6.42 Å². The van der Waals surface area contributed by atoms with Crippen molar-refractivity contribution in [2.24, 2.45) is 0 Å². The molecule has 7 nitrogen and oxygen atoms in total. The molecule has 1 unspecified atom stereocenters. The highest BCUT2D eigenvalue weighted by molar-refractivity contribution is 6.00. The summed E-state index contributed by atoms with van der Waals surface area (Å²) in [6.45, 7) is 10.9. The van der Waals surface area contributed by atoms with Crippen LogP contribution in [0, 0.1) is 0 Å². The minimum absolute atomic E-state index is 0.00637. The first-order chi connectivity index (χ1) is 15.1. The lowest BCUT2D eigenvalue weighted by atomic mass is 9.97. The maximum absolute atomic E-state index is 13.6. The fraction of sp³-hybridized carbons (Fsp3) is 0.240. The zero-order valence-electron chi connectivity index (χ0n) is 18.5. The van der Waals surface area contributed by atoms with Gasteiger partial charge in [0.2, 0.25) is 5.43 Å². The molecule has 0 saturated heterocycles. The fourth-order valence-electron chi connectivity index (χ4n) is 3.48. The molecule has 168 valence electrons. The number of fused-ring (bicyclic) bond motifs is 2. The van der Waals surface area contributed by atoms with Crippen LogP contribution in [0.1, 0.15) is 25.0 Å². The van der Waals surface area contributed by atoms with Crippen molar-refractivity contribution < 1.29 is 29.2 Å². The van der Waals surface area contributed by atoms with Gasteiger partial charge in [0.25, 0.3) is 0 Å². The van der Waals surface area contributed by atoms with Crippen LogP contribution >= 0.6 is 0 Å². The van der Waals surface area contributed by atoms with Gasteiger partial charge >= 0.3 is 0 Å². The number of hydrogen-bond acceptors (Lipinski definition) is 7. The van der Waals surface area contributed by atoms with Gasteiger partial charge in [-0.3, -0.25) is 4.79 Å².